The highest BCUT2D eigenvalue weighted by atomic mass is 16.1. The lowest BCUT2D eigenvalue weighted by Gasteiger charge is -2.31. The van der Waals surface area contributed by atoms with Crippen molar-refractivity contribution in [3.8, 4) is 0 Å². The zero-order chi connectivity index (χ0) is 13.1. The van der Waals surface area contributed by atoms with Gasteiger partial charge in [0.1, 0.15) is 5.82 Å². The van der Waals surface area contributed by atoms with E-state index >= 15 is 0 Å². The van der Waals surface area contributed by atoms with E-state index in [1.54, 1.807) is 0 Å². The van der Waals surface area contributed by atoms with Crippen molar-refractivity contribution in [1.82, 2.24) is 14.9 Å². The van der Waals surface area contributed by atoms with Crippen molar-refractivity contribution < 1.29 is 4.79 Å². The number of nitrogens with zero attached hydrogens (tertiary/aromatic N) is 2. The molecule has 18 heavy (non-hydrogen) atoms. The zero-order valence-corrected chi connectivity index (χ0v) is 10.5. The van der Waals surface area contributed by atoms with Gasteiger partial charge < -0.3 is 10.7 Å². The molecule has 1 amide bonds. The van der Waals surface area contributed by atoms with Gasteiger partial charge in [0, 0.05) is 24.2 Å². The Balaban J connectivity index is 2.12. The number of aromatic nitrogens is 2. The number of H-pyrrole nitrogens is 1. The lowest BCUT2D eigenvalue weighted by molar-refractivity contribution is -0.119. The van der Waals surface area contributed by atoms with Crippen LogP contribution >= 0.6 is 0 Å². The van der Waals surface area contributed by atoms with Crippen molar-refractivity contribution in [1.29, 1.82) is 0 Å². The highest BCUT2D eigenvalue weighted by Gasteiger charge is 2.23. The van der Waals surface area contributed by atoms with Crippen LogP contribution in [-0.4, -0.2) is 40.4 Å². The first-order valence-corrected chi connectivity index (χ1v) is 6.13. The molecule has 1 fully saturated rings. The minimum atomic E-state index is -0.318. The first-order valence-electron chi connectivity index (χ1n) is 6.13. The van der Waals surface area contributed by atoms with Gasteiger partial charge in [-0.15, -0.1) is 0 Å². The summed E-state index contributed by atoms with van der Waals surface area (Å²) in [6.45, 7) is 3.67. The normalized spacial score (nSPS) is 20.8. The van der Waals surface area contributed by atoms with Crippen molar-refractivity contribution in [2.75, 3.05) is 19.6 Å². The van der Waals surface area contributed by atoms with Crippen LogP contribution in [0, 0.1) is 6.92 Å². The van der Waals surface area contributed by atoms with Gasteiger partial charge in [-0.3, -0.25) is 14.5 Å². The number of likely N-dealkylation sites (tertiary alicyclic amines) is 1. The van der Waals surface area contributed by atoms with Crippen molar-refractivity contribution in [3.05, 3.63) is 27.9 Å². The first kappa shape index (κ1) is 12.8. The summed E-state index contributed by atoms with van der Waals surface area (Å²) in [5.41, 5.74) is 5.80. The number of carbonyl (C=O) groups is 1. The largest absolute Gasteiger partial charge is 0.369 e. The summed E-state index contributed by atoms with van der Waals surface area (Å²) in [6, 6.07) is 1.48. The van der Waals surface area contributed by atoms with E-state index in [1.165, 1.54) is 6.07 Å². The van der Waals surface area contributed by atoms with Crippen LogP contribution in [0.1, 0.15) is 30.3 Å². The van der Waals surface area contributed by atoms with Crippen LogP contribution in [0.25, 0.3) is 0 Å². The van der Waals surface area contributed by atoms with Gasteiger partial charge in [-0.25, -0.2) is 4.98 Å². The Hall–Kier alpha value is -1.69. The summed E-state index contributed by atoms with van der Waals surface area (Å²) in [4.78, 5) is 31.5. The summed E-state index contributed by atoms with van der Waals surface area (Å²) < 4.78 is 0. The molecule has 0 unspecified atom stereocenters. The number of amides is 1. The van der Waals surface area contributed by atoms with Gasteiger partial charge in [0.25, 0.3) is 5.56 Å². The number of aromatic amines is 1. The second-order valence-electron chi connectivity index (χ2n) is 4.81. The number of piperidine rings is 1. The molecule has 2 heterocycles. The molecule has 1 aliphatic heterocycles. The average Bonchev–Trinajstić information content (AvgIpc) is 2.27. The Morgan fingerprint density at radius 3 is 3.11 bits per heavy atom. The summed E-state index contributed by atoms with van der Waals surface area (Å²) in [6.07, 6.45) is 1.96. The Kier molecular flexibility index (Phi) is 3.76. The van der Waals surface area contributed by atoms with Crippen LogP contribution in [0.4, 0.5) is 0 Å². The van der Waals surface area contributed by atoms with Gasteiger partial charge in [0.2, 0.25) is 5.91 Å². The topological polar surface area (TPSA) is 92.1 Å². The molecule has 0 saturated carbocycles. The molecular weight excluding hydrogens is 232 g/mol. The van der Waals surface area contributed by atoms with E-state index in [1.807, 2.05) is 11.8 Å². The smallest absolute Gasteiger partial charge is 0.251 e. The van der Waals surface area contributed by atoms with E-state index in [4.69, 9.17) is 5.73 Å². The van der Waals surface area contributed by atoms with Crippen molar-refractivity contribution in [2.45, 2.75) is 25.7 Å². The number of nitrogens with one attached hydrogen (secondary N) is 1. The molecule has 1 aromatic rings. The zero-order valence-electron chi connectivity index (χ0n) is 10.5. The molecule has 1 atom stereocenters. The second kappa shape index (κ2) is 5.30. The van der Waals surface area contributed by atoms with Crippen LogP contribution in [-0.2, 0) is 4.79 Å². The van der Waals surface area contributed by atoms with E-state index in [0.717, 1.165) is 31.6 Å². The standard InChI is InChI=1S/C12H18N4O2/c1-8-5-11(18)15-12(14-8)9-3-2-4-16(6-9)7-10(13)17/h5,9H,2-4,6-7H2,1H3,(H2,13,17)(H,14,15,18)/t9-/m1/s1. The number of rotatable bonds is 3. The third-order valence-corrected chi connectivity index (χ3v) is 3.16. The lowest BCUT2D eigenvalue weighted by atomic mass is 9.97. The molecular formula is C12H18N4O2. The molecule has 6 heteroatoms. The van der Waals surface area contributed by atoms with Crippen molar-refractivity contribution in [2.24, 2.45) is 5.73 Å². The quantitative estimate of drug-likeness (QED) is 0.773. The van der Waals surface area contributed by atoms with E-state index < -0.39 is 0 Å². The number of aryl methyl sites for hydroxylation is 1. The maximum absolute atomic E-state index is 11.4. The Morgan fingerprint density at radius 2 is 2.44 bits per heavy atom. The van der Waals surface area contributed by atoms with Crippen LogP contribution < -0.4 is 11.3 Å². The highest BCUT2D eigenvalue weighted by Crippen LogP contribution is 2.23. The van der Waals surface area contributed by atoms with Gasteiger partial charge in [-0.05, 0) is 26.3 Å². The molecule has 0 bridgehead atoms. The fraction of sp³-hybridized carbons (Fsp3) is 0.583. The average molecular weight is 250 g/mol. The summed E-state index contributed by atoms with van der Waals surface area (Å²) in [5, 5.41) is 0. The minimum absolute atomic E-state index is 0.121. The number of nitrogens with two attached hydrogens (primary N) is 1. The molecule has 0 aliphatic carbocycles. The van der Waals surface area contributed by atoms with Gasteiger partial charge in [-0.1, -0.05) is 0 Å². The van der Waals surface area contributed by atoms with Gasteiger partial charge >= 0.3 is 0 Å². The van der Waals surface area contributed by atoms with Crippen molar-refractivity contribution >= 4 is 5.91 Å². The second-order valence-corrected chi connectivity index (χ2v) is 4.81. The SMILES string of the molecule is Cc1cc(=O)[nH]c([C@@H]2CCCN(CC(N)=O)C2)n1. The van der Waals surface area contributed by atoms with Gasteiger partial charge in [0.05, 0.1) is 6.54 Å². The summed E-state index contributed by atoms with van der Waals surface area (Å²) in [5.74, 6) is 0.571. The molecule has 0 radical (unpaired) electrons. The van der Waals surface area contributed by atoms with E-state index in [9.17, 15) is 9.59 Å². The molecule has 1 aromatic heterocycles. The predicted octanol–water partition coefficient (Wildman–Crippen LogP) is -0.257. The number of hydrogen-bond acceptors (Lipinski definition) is 4. The van der Waals surface area contributed by atoms with Crippen LogP contribution in [0.15, 0.2) is 10.9 Å². The first-order chi connectivity index (χ1) is 8.54. The third-order valence-electron chi connectivity index (χ3n) is 3.16. The molecule has 2 rings (SSSR count). The molecule has 0 aromatic carbocycles. The Labute approximate surface area is 105 Å². The molecule has 98 valence electrons. The molecule has 6 nitrogen and oxygen atoms in total. The predicted molar refractivity (Wildman–Crippen MR) is 67.2 cm³/mol. The lowest BCUT2D eigenvalue weighted by Crippen LogP contribution is -2.40. The Bertz CT molecular complexity index is 497. The maximum Gasteiger partial charge on any atom is 0.251 e. The van der Waals surface area contributed by atoms with Crippen LogP contribution in [0.5, 0.6) is 0 Å². The molecule has 0 spiro atoms. The van der Waals surface area contributed by atoms with E-state index in [0.29, 0.717) is 5.82 Å². The molecule has 1 aliphatic rings. The van der Waals surface area contributed by atoms with Crippen molar-refractivity contribution in [3.63, 3.8) is 0 Å². The van der Waals surface area contributed by atoms with Crippen LogP contribution in [0.2, 0.25) is 0 Å². The summed E-state index contributed by atoms with van der Waals surface area (Å²) >= 11 is 0. The third kappa shape index (κ3) is 3.16. The fourth-order valence-corrected chi connectivity index (χ4v) is 2.44. The van der Waals surface area contributed by atoms with Gasteiger partial charge in [0.15, 0.2) is 0 Å². The number of primary amides is 1. The maximum atomic E-state index is 11.4. The minimum Gasteiger partial charge on any atom is -0.369 e. The van der Waals surface area contributed by atoms with E-state index in [-0.39, 0.29) is 23.9 Å². The fourth-order valence-electron chi connectivity index (χ4n) is 2.44. The van der Waals surface area contributed by atoms with Crippen LogP contribution in [0.3, 0.4) is 0 Å². The number of hydrogen-bond donors (Lipinski definition) is 2. The molecule has 3 N–H and O–H groups in total. The molecule has 1 saturated heterocycles. The number of carbonyl (C=O) groups excluding carboxylic acids is 1. The highest BCUT2D eigenvalue weighted by molar-refractivity contribution is 5.75. The summed E-state index contributed by atoms with van der Waals surface area (Å²) in [7, 11) is 0. The Morgan fingerprint density at radius 1 is 1.67 bits per heavy atom. The van der Waals surface area contributed by atoms with Gasteiger partial charge in [-0.2, -0.15) is 0 Å². The van der Waals surface area contributed by atoms with E-state index in [2.05, 4.69) is 9.97 Å². The monoisotopic (exact) mass is 250 g/mol.